The summed E-state index contributed by atoms with van der Waals surface area (Å²) in [4.78, 5) is 52.9. The normalized spacial score (nSPS) is 17.9. The van der Waals surface area contributed by atoms with E-state index in [0.29, 0.717) is 23.6 Å². The molecular weight excluding hydrogens is 658 g/mol. The van der Waals surface area contributed by atoms with E-state index in [1.807, 2.05) is 62.7 Å². The van der Waals surface area contributed by atoms with Crippen molar-refractivity contribution in [3.63, 3.8) is 0 Å². The molecule has 0 saturated carbocycles. The molecule has 2 atom stereocenters. The maximum atomic E-state index is 13.3. The number of thioether (sulfide) groups is 1. The highest BCUT2D eigenvalue weighted by molar-refractivity contribution is 8.00. The van der Waals surface area contributed by atoms with E-state index < -0.39 is 29.2 Å². The van der Waals surface area contributed by atoms with Crippen molar-refractivity contribution in [3.05, 3.63) is 75.8 Å². The van der Waals surface area contributed by atoms with Gasteiger partial charge < -0.3 is 32.5 Å². The van der Waals surface area contributed by atoms with E-state index in [0.717, 1.165) is 22.5 Å². The average Bonchev–Trinajstić information content (AvgIpc) is 3.70. The SMILES string of the molecule is CO/N=C(\C(=O)N[C@@H]1C(=O)N2C(C(=O)O)=C(Cn3ccc4n3cc[n+]4Cc3ccc(N=C(N)N)cc3)CS[C@H]12)c1nc(N)sc1Cl. The zero-order chi connectivity index (χ0) is 32.7. The molecule has 0 spiro atoms. The van der Waals surface area contributed by atoms with Crippen molar-refractivity contribution in [2.75, 3.05) is 18.6 Å². The second kappa shape index (κ2) is 12.4. The summed E-state index contributed by atoms with van der Waals surface area (Å²) < 4.78 is 5.95. The lowest BCUT2D eigenvalue weighted by molar-refractivity contribution is -0.661. The third kappa shape index (κ3) is 5.72. The van der Waals surface area contributed by atoms with Crippen LogP contribution in [0, 0.1) is 0 Å². The zero-order valence-electron chi connectivity index (χ0n) is 24.0. The van der Waals surface area contributed by atoms with E-state index in [-0.39, 0.29) is 39.1 Å². The van der Waals surface area contributed by atoms with Gasteiger partial charge in [0, 0.05) is 5.75 Å². The van der Waals surface area contributed by atoms with Crippen LogP contribution < -0.4 is 27.1 Å². The van der Waals surface area contributed by atoms with Crippen molar-refractivity contribution >= 4 is 80.6 Å². The quantitative estimate of drug-likeness (QED) is 0.0510. The van der Waals surface area contributed by atoms with Gasteiger partial charge in [0.2, 0.25) is 0 Å². The number of aliphatic imine (C=N–C) groups is 1. The van der Waals surface area contributed by atoms with Gasteiger partial charge in [-0.2, -0.15) is 0 Å². The maximum absolute atomic E-state index is 13.3. The standard InChI is InChI=1S/C27H26ClN11O5S2/c1-44-35-18(17-21(28)46-27(31)34-17)22(40)33-19-23(41)39-20(25(42)43)14(12-45-24(19)39)11-37-7-6-16-36(8-9-38(16)37)10-13-2-4-15(5-3-13)32-26(29)30/h2-9,19,24H,10-12H2,1H3,(H7-,29,30,31,32,33,34,40,42,43)/p+1/b35-18-/t19-,24-/m1/s1. The van der Waals surface area contributed by atoms with E-state index in [2.05, 4.69) is 20.4 Å². The van der Waals surface area contributed by atoms with Crippen LogP contribution in [0.4, 0.5) is 10.8 Å². The summed E-state index contributed by atoms with van der Waals surface area (Å²) in [5.74, 6) is -2.26. The highest BCUT2D eigenvalue weighted by atomic mass is 35.5. The highest BCUT2D eigenvalue weighted by Gasteiger charge is 2.54. The molecule has 0 aliphatic carbocycles. The van der Waals surface area contributed by atoms with Crippen LogP contribution in [0.3, 0.4) is 0 Å². The lowest BCUT2D eigenvalue weighted by Gasteiger charge is -2.49. The number of aromatic nitrogens is 4. The van der Waals surface area contributed by atoms with E-state index >= 15 is 0 Å². The first kappa shape index (κ1) is 30.9. The number of oxime groups is 1. The van der Waals surface area contributed by atoms with Gasteiger partial charge >= 0.3 is 11.6 Å². The molecule has 0 unspecified atom stereocenters. The predicted molar refractivity (Wildman–Crippen MR) is 171 cm³/mol. The van der Waals surface area contributed by atoms with Crippen molar-refractivity contribution < 1.29 is 28.9 Å². The first-order valence-electron chi connectivity index (χ1n) is 13.5. The molecule has 5 heterocycles. The first-order valence-corrected chi connectivity index (χ1v) is 15.8. The van der Waals surface area contributed by atoms with Crippen LogP contribution in [-0.2, 0) is 32.3 Å². The number of nitrogen functional groups attached to an aromatic ring is 1. The third-order valence-corrected chi connectivity index (χ3v) is 9.67. The molecule has 2 amide bonds. The van der Waals surface area contributed by atoms with Gasteiger partial charge in [-0.3, -0.25) is 14.5 Å². The fourth-order valence-electron chi connectivity index (χ4n) is 5.28. The molecule has 238 valence electrons. The van der Waals surface area contributed by atoms with Crippen LogP contribution >= 0.6 is 34.7 Å². The number of rotatable bonds is 10. The Labute approximate surface area is 273 Å². The minimum atomic E-state index is -1.24. The fourth-order valence-corrected chi connectivity index (χ4v) is 7.55. The topological polar surface area (TPSA) is 225 Å². The summed E-state index contributed by atoms with van der Waals surface area (Å²) in [5, 5.41) is 16.0. The number of nitrogens with two attached hydrogens (primary N) is 3. The highest BCUT2D eigenvalue weighted by Crippen LogP contribution is 2.41. The molecule has 1 aromatic carbocycles. The van der Waals surface area contributed by atoms with Gasteiger partial charge in [0.1, 0.15) is 47.0 Å². The van der Waals surface area contributed by atoms with Crippen molar-refractivity contribution in [1.29, 1.82) is 0 Å². The summed E-state index contributed by atoms with van der Waals surface area (Å²) in [6.07, 6.45) is 5.66. The van der Waals surface area contributed by atoms with Gasteiger partial charge in [-0.05, 0) is 23.3 Å². The lowest BCUT2D eigenvalue weighted by Crippen LogP contribution is -2.71. The number of nitrogens with zero attached hydrogens (tertiary/aromatic N) is 7. The number of β-lactam (4-membered cyclic amide) rings is 1. The molecule has 3 aromatic heterocycles. The molecule has 2 aliphatic heterocycles. The molecule has 4 aromatic rings. The number of carboxylic acids is 1. The largest absolute Gasteiger partial charge is 0.477 e. The number of carbonyl (C=O) groups excluding carboxylic acids is 2. The number of amides is 2. The molecule has 46 heavy (non-hydrogen) atoms. The number of halogens is 1. The van der Waals surface area contributed by atoms with Crippen LogP contribution in [0.2, 0.25) is 4.34 Å². The number of anilines is 1. The summed E-state index contributed by atoms with van der Waals surface area (Å²) >= 11 is 8.46. The second-order valence-electron chi connectivity index (χ2n) is 10.2. The molecule has 0 radical (unpaired) electrons. The van der Waals surface area contributed by atoms with Crippen LogP contribution in [0.25, 0.3) is 5.65 Å². The number of benzene rings is 1. The minimum absolute atomic E-state index is 0.0122. The van der Waals surface area contributed by atoms with E-state index in [4.69, 9.17) is 33.6 Å². The Bertz CT molecular complexity index is 1960. The van der Waals surface area contributed by atoms with Crippen molar-refractivity contribution in [2.45, 2.75) is 24.5 Å². The predicted octanol–water partition coefficient (Wildman–Crippen LogP) is 0.463. The number of imidazole rings is 1. The molecule has 19 heteroatoms. The Morgan fingerprint density at radius 3 is 2.65 bits per heavy atom. The number of nitrogens with one attached hydrogen (secondary N) is 1. The monoisotopic (exact) mass is 684 g/mol. The van der Waals surface area contributed by atoms with E-state index in [1.54, 1.807) is 0 Å². The number of hydrogen-bond donors (Lipinski definition) is 5. The number of guanidine groups is 1. The van der Waals surface area contributed by atoms with Crippen LogP contribution in [-0.4, -0.2) is 77.9 Å². The number of fused-ring (bicyclic) bond motifs is 2. The number of hydrogen-bond acceptors (Lipinski definition) is 10. The molecule has 6 rings (SSSR count). The van der Waals surface area contributed by atoms with Gasteiger partial charge in [0.25, 0.3) is 11.8 Å². The molecule has 1 fully saturated rings. The Morgan fingerprint density at radius 1 is 1.24 bits per heavy atom. The Balaban J connectivity index is 1.18. The molecule has 0 bridgehead atoms. The van der Waals surface area contributed by atoms with Crippen molar-refractivity contribution in [1.82, 2.24) is 24.4 Å². The summed E-state index contributed by atoms with van der Waals surface area (Å²) in [7, 11) is 1.25. The van der Waals surface area contributed by atoms with Crippen LogP contribution in [0.15, 0.2) is 70.3 Å². The van der Waals surface area contributed by atoms with Gasteiger partial charge in [-0.25, -0.2) is 24.0 Å². The van der Waals surface area contributed by atoms with E-state index in [1.165, 1.54) is 23.8 Å². The van der Waals surface area contributed by atoms with E-state index in [9.17, 15) is 19.5 Å². The smallest absolute Gasteiger partial charge is 0.352 e. The number of thiazole rings is 1. The average molecular weight is 685 g/mol. The Hall–Kier alpha value is -5.07. The number of carbonyl (C=O) groups is 3. The molecule has 2 aliphatic rings. The Morgan fingerprint density at radius 2 is 2.00 bits per heavy atom. The molecule has 16 nitrogen and oxygen atoms in total. The second-order valence-corrected chi connectivity index (χ2v) is 12.9. The zero-order valence-corrected chi connectivity index (χ0v) is 26.4. The lowest BCUT2D eigenvalue weighted by atomic mass is 10.0. The molecular formula is C27H27ClN11O5S2+. The fraction of sp³-hybridized carbons (Fsp3) is 0.222. The van der Waals surface area contributed by atoms with Crippen LogP contribution in [0.1, 0.15) is 11.3 Å². The van der Waals surface area contributed by atoms with Gasteiger partial charge in [0.05, 0.1) is 24.5 Å². The summed E-state index contributed by atoms with van der Waals surface area (Å²) in [6, 6.07) is 8.45. The third-order valence-electron chi connectivity index (χ3n) is 7.25. The number of carboxylic acid groups (broad SMARTS) is 1. The molecule has 1 saturated heterocycles. The summed E-state index contributed by atoms with van der Waals surface area (Å²) in [6.45, 7) is 0.805. The first-order chi connectivity index (χ1) is 22.0. The maximum Gasteiger partial charge on any atom is 0.352 e. The van der Waals surface area contributed by atoms with Crippen LogP contribution in [0.5, 0.6) is 0 Å². The van der Waals surface area contributed by atoms with Gasteiger partial charge in [-0.1, -0.05) is 40.2 Å². The molecule has 8 N–H and O–H groups in total. The van der Waals surface area contributed by atoms with Crippen molar-refractivity contribution in [2.24, 2.45) is 21.6 Å². The minimum Gasteiger partial charge on any atom is -0.477 e. The number of aliphatic carboxylic acids is 1. The summed E-state index contributed by atoms with van der Waals surface area (Å²) in [5.41, 5.74) is 19.4. The van der Waals surface area contributed by atoms with Gasteiger partial charge in [-0.15, -0.1) is 16.3 Å². The van der Waals surface area contributed by atoms with Gasteiger partial charge in [0.15, 0.2) is 23.0 Å². The van der Waals surface area contributed by atoms with Crippen molar-refractivity contribution in [3.8, 4) is 0 Å². The Kier molecular flexibility index (Phi) is 8.32.